The predicted octanol–water partition coefficient (Wildman–Crippen LogP) is 4.83. The molecule has 8 nitrogen and oxygen atoms in total. The Morgan fingerprint density at radius 2 is 1.86 bits per heavy atom. The standard InChI is InChI=1S/C26H22ClN5O3S/c27-25-11-10-24(36-25)22(33)9-6-19-18-32(29-28-19)21-8-7-20(31-14-2-1-5-26(31)34)17-23(21)35-16-15-30-12-3-4-13-30/h1-5,7-8,10-14,17-18H,6,9,15-16H2. The first-order valence-electron chi connectivity index (χ1n) is 11.3. The summed E-state index contributed by atoms with van der Waals surface area (Å²) < 4.78 is 11.9. The number of ether oxygens (including phenoxy) is 1. The predicted molar refractivity (Wildman–Crippen MR) is 139 cm³/mol. The molecule has 1 aromatic carbocycles. The van der Waals surface area contributed by atoms with Gasteiger partial charge in [0, 0.05) is 43.6 Å². The van der Waals surface area contributed by atoms with E-state index in [-0.39, 0.29) is 11.3 Å². The van der Waals surface area contributed by atoms with E-state index in [1.807, 2.05) is 47.3 Å². The third kappa shape index (κ3) is 5.48. The SMILES string of the molecule is O=C(CCc1cn(-c2ccc(-n3ccccc3=O)cc2OCCn2cccc2)nn1)c1ccc(Cl)s1. The van der Waals surface area contributed by atoms with Gasteiger partial charge in [0.15, 0.2) is 5.78 Å². The molecule has 0 radical (unpaired) electrons. The number of aryl methyl sites for hydroxylation is 1. The summed E-state index contributed by atoms with van der Waals surface area (Å²) in [6.45, 7) is 1.09. The minimum absolute atomic E-state index is 0.0214. The quantitative estimate of drug-likeness (QED) is 0.247. The van der Waals surface area contributed by atoms with Gasteiger partial charge in [0.1, 0.15) is 18.0 Å². The van der Waals surface area contributed by atoms with E-state index < -0.39 is 0 Å². The van der Waals surface area contributed by atoms with Crippen LogP contribution in [0.1, 0.15) is 21.8 Å². The number of rotatable bonds is 10. The van der Waals surface area contributed by atoms with Crippen molar-refractivity contribution in [2.45, 2.75) is 19.4 Å². The second-order valence-electron chi connectivity index (χ2n) is 8.01. The third-order valence-corrected chi connectivity index (χ3v) is 6.83. The van der Waals surface area contributed by atoms with Crippen molar-refractivity contribution in [1.29, 1.82) is 0 Å². The van der Waals surface area contributed by atoms with E-state index in [1.165, 1.54) is 17.4 Å². The van der Waals surface area contributed by atoms with Crippen molar-refractivity contribution >= 4 is 28.7 Å². The van der Waals surface area contributed by atoms with Crippen LogP contribution in [0.3, 0.4) is 0 Å². The molecular formula is C26H22ClN5O3S. The van der Waals surface area contributed by atoms with E-state index in [1.54, 1.807) is 45.9 Å². The Morgan fingerprint density at radius 1 is 1.03 bits per heavy atom. The van der Waals surface area contributed by atoms with Crippen LogP contribution in [0.15, 0.2) is 90.2 Å². The largest absolute Gasteiger partial charge is 0.489 e. The molecular weight excluding hydrogens is 498 g/mol. The Kier molecular flexibility index (Phi) is 7.11. The molecule has 0 saturated heterocycles. The van der Waals surface area contributed by atoms with Crippen molar-refractivity contribution in [3.8, 4) is 17.1 Å². The fraction of sp³-hybridized carbons (Fsp3) is 0.154. The lowest BCUT2D eigenvalue weighted by Crippen LogP contribution is -2.16. The monoisotopic (exact) mass is 519 g/mol. The Morgan fingerprint density at radius 3 is 2.64 bits per heavy atom. The van der Waals surface area contributed by atoms with Crippen LogP contribution in [0.2, 0.25) is 4.34 Å². The number of hydrogen-bond acceptors (Lipinski definition) is 6. The van der Waals surface area contributed by atoms with Gasteiger partial charge in [-0.05, 0) is 42.5 Å². The number of aromatic nitrogens is 5. The van der Waals surface area contributed by atoms with Gasteiger partial charge in [0.25, 0.3) is 5.56 Å². The fourth-order valence-electron chi connectivity index (χ4n) is 3.74. The second-order valence-corrected chi connectivity index (χ2v) is 9.73. The highest BCUT2D eigenvalue weighted by Crippen LogP contribution is 2.26. The van der Waals surface area contributed by atoms with Crippen molar-refractivity contribution in [2.75, 3.05) is 6.61 Å². The molecule has 0 atom stereocenters. The van der Waals surface area contributed by atoms with Crippen LogP contribution in [-0.4, -0.2) is 36.5 Å². The molecule has 0 bridgehead atoms. The molecule has 0 aliphatic heterocycles. The maximum Gasteiger partial charge on any atom is 0.255 e. The number of ketones is 1. The molecule has 4 heterocycles. The number of carbonyl (C=O) groups is 1. The smallest absolute Gasteiger partial charge is 0.255 e. The van der Waals surface area contributed by atoms with Gasteiger partial charge in [-0.15, -0.1) is 16.4 Å². The van der Waals surface area contributed by atoms with E-state index in [0.717, 1.165) is 0 Å². The summed E-state index contributed by atoms with van der Waals surface area (Å²) in [6.07, 6.45) is 8.21. The van der Waals surface area contributed by atoms with Gasteiger partial charge < -0.3 is 9.30 Å². The summed E-state index contributed by atoms with van der Waals surface area (Å²) in [4.78, 5) is 25.4. The lowest BCUT2D eigenvalue weighted by atomic mass is 10.1. The number of pyridine rings is 1. The highest BCUT2D eigenvalue weighted by molar-refractivity contribution is 7.18. The van der Waals surface area contributed by atoms with Crippen LogP contribution in [0, 0.1) is 0 Å². The Labute approximate surface area is 216 Å². The molecule has 36 heavy (non-hydrogen) atoms. The van der Waals surface area contributed by atoms with Gasteiger partial charge in [0.05, 0.1) is 33.3 Å². The Hall–Kier alpha value is -3.95. The number of Topliss-reactive ketones (excluding diaryl/α,β-unsaturated/α-hetero) is 1. The van der Waals surface area contributed by atoms with E-state index in [9.17, 15) is 9.59 Å². The lowest BCUT2D eigenvalue weighted by molar-refractivity contribution is 0.0986. The number of thiophene rings is 1. The molecule has 4 aromatic heterocycles. The van der Waals surface area contributed by atoms with E-state index in [0.29, 0.717) is 58.0 Å². The van der Waals surface area contributed by atoms with Crippen LogP contribution >= 0.6 is 22.9 Å². The van der Waals surface area contributed by atoms with Crippen LogP contribution < -0.4 is 10.3 Å². The zero-order valence-electron chi connectivity index (χ0n) is 19.2. The van der Waals surface area contributed by atoms with Crippen molar-refractivity contribution < 1.29 is 9.53 Å². The summed E-state index contributed by atoms with van der Waals surface area (Å²) in [5, 5.41) is 8.51. The molecule has 5 aromatic rings. The summed E-state index contributed by atoms with van der Waals surface area (Å²) in [6, 6.07) is 17.9. The number of carbonyl (C=O) groups excluding carboxylic acids is 1. The first-order valence-corrected chi connectivity index (χ1v) is 12.5. The minimum atomic E-state index is -0.136. The Balaban J connectivity index is 1.37. The number of benzene rings is 1. The Bertz CT molecular complexity index is 1540. The zero-order valence-corrected chi connectivity index (χ0v) is 20.7. The molecule has 0 amide bonds. The summed E-state index contributed by atoms with van der Waals surface area (Å²) >= 11 is 7.21. The third-order valence-electron chi connectivity index (χ3n) is 5.56. The normalized spacial score (nSPS) is 11.0. The van der Waals surface area contributed by atoms with Crippen LogP contribution in [0.4, 0.5) is 0 Å². The van der Waals surface area contributed by atoms with E-state index in [4.69, 9.17) is 16.3 Å². The molecule has 0 spiro atoms. The maximum atomic E-state index is 12.4. The molecule has 10 heteroatoms. The summed E-state index contributed by atoms with van der Waals surface area (Å²) in [7, 11) is 0. The topological polar surface area (TPSA) is 83.9 Å². The van der Waals surface area contributed by atoms with Gasteiger partial charge >= 0.3 is 0 Å². The summed E-state index contributed by atoms with van der Waals surface area (Å²) in [5.74, 6) is 0.587. The first-order chi connectivity index (χ1) is 17.6. The van der Waals surface area contributed by atoms with E-state index in [2.05, 4.69) is 10.3 Å². The second kappa shape index (κ2) is 10.8. The van der Waals surface area contributed by atoms with Crippen molar-refractivity contribution in [2.24, 2.45) is 0 Å². The van der Waals surface area contributed by atoms with Gasteiger partial charge in [0.2, 0.25) is 0 Å². The van der Waals surface area contributed by atoms with Gasteiger partial charge in [-0.2, -0.15) is 0 Å². The average molecular weight is 520 g/mol. The van der Waals surface area contributed by atoms with Gasteiger partial charge in [-0.25, -0.2) is 4.68 Å². The molecule has 182 valence electrons. The number of nitrogens with zero attached hydrogens (tertiary/aromatic N) is 5. The molecule has 0 aliphatic carbocycles. The van der Waals surface area contributed by atoms with Crippen molar-refractivity contribution in [3.63, 3.8) is 0 Å². The molecule has 0 fully saturated rings. The van der Waals surface area contributed by atoms with E-state index >= 15 is 0 Å². The molecule has 0 saturated carbocycles. The molecule has 0 aliphatic rings. The zero-order chi connectivity index (χ0) is 24.9. The number of hydrogen-bond donors (Lipinski definition) is 0. The fourth-order valence-corrected chi connectivity index (χ4v) is 4.75. The lowest BCUT2D eigenvalue weighted by Gasteiger charge is -2.14. The van der Waals surface area contributed by atoms with Gasteiger partial charge in [-0.1, -0.05) is 22.9 Å². The maximum absolute atomic E-state index is 12.4. The van der Waals surface area contributed by atoms with Crippen molar-refractivity contribution in [1.82, 2.24) is 24.1 Å². The highest BCUT2D eigenvalue weighted by atomic mass is 35.5. The summed E-state index contributed by atoms with van der Waals surface area (Å²) in [5.41, 5.74) is 1.92. The molecule has 0 N–H and O–H groups in total. The van der Waals surface area contributed by atoms with Gasteiger partial charge in [-0.3, -0.25) is 14.2 Å². The first kappa shape index (κ1) is 23.8. The molecule has 0 unspecified atom stereocenters. The average Bonchev–Trinajstić information content (AvgIpc) is 3.66. The number of halogens is 1. The molecule has 5 rings (SSSR count). The highest BCUT2D eigenvalue weighted by Gasteiger charge is 2.14. The van der Waals surface area contributed by atoms with Crippen molar-refractivity contribution in [3.05, 3.63) is 111 Å². The van der Waals surface area contributed by atoms with Crippen LogP contribution in [0.25, 0.3) is 11.4 Å². The van der Waals surface area contributed by atoms with Crippen LogP contribution in [0.5, 0.6) is 5.75 Å². The van der Waals surface area contributed by atoms with Crippen LogP contribution in [-0.2, 0) is 13.0 Å². The minimum Gasteiger partial charge on any atom is -0.489 e.